The average molecular weight is 366 g/mol. The highest BCUT2D eigenvalue weighted by atomic mass is 79.9. The molecule has 0 saturated heterocycles. The van der Waals surface area contributed by atoms with E-state index in [1.807, 2.05) is 0 Å². The second kappa shape index (κ2) is 6.31. The van der Waals surface area contributed by atoms with Gasteiger partial charge in [-0.1, -0.05) is 54.2 Å². The van der Waals surface area contributed by atoms with Crippen LogP contribution in [0.2, 0.25) is 5.02 Å². The van der Waals surface area contributed by atoms with Crippen molar-refractivity contribution in [2.75, 3.05) is 0 Å². The van der Waals surface area contributed by atoms with Gasteiger partial charge in [-0.15, -0.1) is 0 Å². The Labute approximate surface area is 133 Å². The van der Waals surface area contributed by atoms with Crippen LogP contribution < -0.4 is 0 Å². The average Bonchev–Trinajstić information content (AvgIpc) is 2.81. The van der Waals surface area contributed by atoms with Gasteiger partial charge >= 0.3 is 0 Å². The van der Waals surface area contributed by atoms with Gasteiger partial charge in [-0.2, -0.15) is 0 Å². The Bertz CT molecular complexity index is 482. The van der Waals surface area contributed by atoms with Crippen LogP contribution in [0.15, 0.2) is 12.1 Å². The lowest BCUT2D eigenvalue weighted by molar-refractivity contribution is 0.230. The standard InChI is InChI=1S/C16H20BrClF2/c1-10(2)9-16(5-3-4-6-16)15(17)11-7-13(19)14(20)8-12(11)18/h7-8,10,15H,3-6,9H2,1-2H3. The fourth-order valence-corrected chi connectivity index (χ4v) is 4.93. The van der Waals surface area contributed by atoms with Gasteiger partial charge in [0.05, 0.1) is 0 Å². The first kappa shape index (κ1) is 16.2. The van der Waals surface area contributed by atoms with Crippen molar-refractivity contribution in [3.8, 4) is 0 Å². The maximum absolute atomic E-state index is 13.5. The maximum Gasteiger partial charge on any atom is 0.160 e. The highest BCUT2D eigenvalue weighted by Gasteiger charge is 2.42. The molecule has 1 aromatic carbocycles. The van der Waals surface area contributed by atoms with Crippen LogP contribution in [-0.4, -0.2) is 0 Å². The highest BCUT2D eigenvalue weighted by molar-refractivity contribution is 9.09. The Morgan fingerprint density at radius 3 is 2.30 bits per heavy atom. The molecule has 1 unspecified atom stereocenters. The molecule has 0 radical (unpaired) electrons. The zero-order chi connectivity index (χ0) is 14.9. The molecule has 0 spiro atoms. The van der Waals surface area contributed by atoms with Crippen LogP contribution >= 0.6 is 27.5 Å². The molecular weight excluding hydrogens is 346 g/mol. The van der Waals surface area contributed by atoms with Crippen LogP contribution in [0.5, 0.6) is 0 Å². The molecule has 1 atom stereocenters. The smallest absolute Gasteiger partial charge is 0.160 e. The van der Waals surface area contributed by atoms with Gasteiger partial charge in [0.15, 0.2) is 11.6 Å². The third-order valence-corrected chi connectivity index (χ3v) is 6.06. The molecule has 0 aromatic heterocycles. The zero-order valence-corrected chi connectivity index (χ0v) is 14.2. The monoisotopic (exact) mass is 364 g/mol. The summed E-state index contributed by atoms with van der Waals surface area (Å²) in [6.45, 7) is 4.40. The van der Waals surface area contributed by atoms with Crippen molar-refractivity contribution in [2.24, 2.45) is 11.3 Å². The quantitative estimate of drug-likeness (QED) is 0.413. The van der Waals surface area contributed by atoms with E-state index in [0.717, 1.165) is 25.3 Å². The van der Waals surface area contributed by atoms with Crippen LogP contribution in [0, 0.1) is 23.0 Å². The van der Waals surface area contributed by atoms with Gasteiger partial charge in [0, 0.05) is 9.85 Å². The van der Waals surface area contributed by atoms with Gasteiger partial charge < -0.3 is 0 Å². The summed E-state index contributed by atoms with van der Waals surface area (Å²) in [7, 11) is 0. The van der Waals surface area contributed by atoms with Crippen LogP contribution in [0.3, 0.4) is 0 Å². The van der Waals surface area contributed by atoms with Crippen molar-refractivity contribution in [3.05, 3.63) is 34.4 Å². The van der Waals surface area contributed by atoms with Crippen molar-refractivity contribution >= 4 is 27.5 Å². The zero-order valence-electron chi connectivity index (χ0n) is 11.9. The predicted molar refractivity (Wildman–Crippen MR) is 83.4 cm³/mol. The van der Waals surface area contributed by atoms with Crippen molar-refractivity contribution < 1.29 is 8.78 Å². The summed E-state index contributed by atoms with van der Waals surface area (Å²) < 4.78 is 26.8. The Morgan fingerprint density at radius 1 is 1.20 bits per heavy atom. The molecule has 1 aromatic rings. The second-order valence-electron chi connectivity index (χ2n) is 6.32. The lowest BCUT2D eigenvalue weighted by atomic mass is 9.74. The van der Waals surface area contributed by atoms with E-state index in [9.17, 15) is 8.78 Å². The fourth-order valence-electron chi connectivity index (χ4n) is 3.52. The van der Waals surface area contributed by atoms with Crippen molar-refractivity contribution in [2.45, 2.75) is 50.8 Å². The van der Waals surface area contributed by atoms with E-state index in [0.29, 0.717) is 16.5 Å². The maximum atomic E-state index is 13.5. The van der Waals surface area contributed by atoms with Crippen LogP contribution in [0.4, 0.5) is 8.78 Å². The topological polar surface area (TPSA) is 0 Å². The summed E-state index contributed by atoms with van der Waals surface area (Å²) in [6, 6.07) is 2.33. The summed E-state index contributed by atoms with van der Waals surface area (Å²) in [5.74, 6) is -1.15. The van der Waals surface area contributed by atoms with E-state index in [1.54, 1.807) is 0 Å². The Balaban J connectivity index is 2.37. The van der Waals surface area contributed by atoms with Gasteiger partial charge in [0.1, 0.15) is 0 Å². The molecule has 4 heteroatoms. The summed E-state index contributed by atoms with van der Waals surface area (Å²) in [5.41, 5.74) is 0.773. The molecule has 1 aliphatic carbocycles. The second-order valence-corrected chi connectivity index (χ2v) is 7.64. The van der Waals surface area contributed by atoms with Crippen LogP contribution in [0.1, 0.15) is 56.3 Å². The minimum Gasteiger partial charge on any atom is -0.204 e. The summed E-state index contributed by atoms with van der Waals surface area (Å²) in [4.78, 5) is -0.0255. The third-order valence-electron chi connectivity index (χ3n) is 4.26. The molecule has 0 heterocycles. The van der Waals surface area contributed by atoms with E-state index < -0.39 is 11.6 Å². The summed E-state index contributed by atoms with van der Waals surface area (Å²) >= 11 is 9.87. The molecule has 1 saturated carbocycles. The first-order valence-corrected chi connectivity index (χ1v) is 8.43. The molecule has 2 rings (SSSR count). The molecule has 0 N–H and O–H groups in total. The minimum atomic E-state index is -0.886. The number of halogens is 4. The molecule has 0 bridgehead atoms. The van der Waals surface area contributed by atoms with E-state index in [1.165, 1.54) is 18.9 Å². The largest absolute Gasteiger partial charge is 0.204 e. The molecule has 112 valence electrons. The SMILES string of the molecule is CC(C)CC1(C(Br)c2cc(F)c(F)cc2Cl)CCCC1. The Morgan fingerprint density at radius 2 is 1.75 bits per heavy atom. The van der Waals surface area contributed by atoms with Crippen LogP contribution in [-0.2, 0) is 0 Å². The van der Waals surface area contributed by atoms with E-state index in [-0.39, 0.29) is 10.2 Å². The summed E-state index contributed by atoms with van der Waals surface area (Å²) in [6.07, 6.45) is 5.66. The first-order chi connectivity index (χ1) is 9.35. The first-order valence-electron chi connectivity index (χ1n) is 7.14. The molecule has 0 amide bonds. The molecule has 0 aliphatic heterocycles. The Kier molecular flexibility index (Phi) is 5.12. The van der Waals surface area contributed by atoms with Gasteiger partial charge in [-0.05, 0) is 48.3 Å². The molecule has 1 aliphatic rings. The number of hydrogen-bond acceptors (Lipinski definition) is 0. The molecular formula is C16H20BrClF2. The molecule has 0 nitrogen and oxygen atoms in total. The molecule has 20 heavy (non-hydrogen) atoms. The fraction of sp³-hybridized carbons (Fsp3) is 0.625. The summed E-state index contributed by atoms with van der Waals surface area (Å²) in [5, 5.41) is 0.306. The van der Waals surface area contributed by atoms with Crippen molar-refractivity contribution in [3.63, 3.8) is 0 Å². The van der Waals surface area contributed by atoms with Gasteiger partial charge in [0.25, 0.3) is 0 Å². The van der Waals surface area contributed by atoms with E-state index >= 15 is 0 Å². The highest BCUT2D eigenvalue weighted by Crippen LogP contribution is 2.56. The van der Waals surface area contributed by atoms with Crippen molar-refractivity contribution in [1.82, 2.24) is 0 Å². The predicted octanol–water partition coefficient (Wildman–Crippen LogP) is 6.66. The van der Waals surface area contributed by atoms with Crippen molar-refractivity contribution in [1.29, 1.82) is 0 Å². The lowest BCUT2D eigenvalue weighted by Crippen LogP contribution is -2.25. The number of rotatable bonds is 4. The third kappa shape index (κ3) is 3.19. The number of benzene rings is 1. The Hall–Kier alpha value is -0.150. The number of alkyl halides is 1. The normalized spacial score (nSPS) is 19.6. The van der Waals surface area contributed by atoms with E-state index in [4.69, 9.17) is 11.6 Å². The van der Waals surface area contributed by atoms with Gasteiger partial charge in [0.2, 0.25) is 0 Å². The number of hydrogen-bond donors (Lipinski definition) is 0. The van der Waals surface area contributed by atoms with Crippen LogP contribution in [0.25, 0.3) is 0 Å². The molecule has 1 fully saturated rings. The lowest BCUT2D eigenvalue weighted by Gasteiger charge is -2.36. The van der Waals surface area contributed by atoms with E-state index in [2.05, 4.69) is 29.8 Å². The van der Waals surface area contributed by atoms with Gasteiger partial charge in [-0.25, -0.2) is 8.78 Å². The van der Waals surface area contributed by atoms with Gasteiger partial charge in [-0.3, -0.25) is 0 Å². The minimum absolute atomic E-state index is 0.0255.